The lowest BCUT2D eigenvalue weighted by atomic mass is 9.85. The standard InChI is InChI=1S/C15H19NO3S/c1-10(2)8-15(12(17)9-20-14(15)19)16-13(18)11-6-4-3-5-7-11/h3-7,10,12,17H,8-9H2,1-2H3,(H,16,18)/t12-,15-/m1/s1. The van der Waals surface area contributed by atoms with Crippen LogP contribution in [0, 0.1) is 5.92 Å². The number of carbonyl (C=O) groups is 2. The Morgan fingerprint density at radius 3 is 2.60 bits per heavy atom. The number of hydrogen-bond acceptors (Lipinski definition) is 4. The van der Waals surface area contributed by atoms with Gasteiger partial charge in [-0.15, -0.1) is 0 Å². The minimum absolute atomic E-state index is 0.150. The lowest BCUT2D eigenvalue weighted by molar-refractivity contribution is -0.119. The van der Waals surface area contributed by atoms with Crippen LogP contribution in [0.1, 0.15) is 30.6 Å². The Hall–Kier alpha value is -1.33. The number of aliphatic hydroxyl groups is 1. The lowest BCUT2D eigenvalue weighted by Gasteiger charge is -2.33. The molecule has 0 aliphatic carbocycles. The summed E-state index contributed by atoms with van der Waals surface area (Å²) in [6, 6.07) is 8.75. The van der Waals surface area contributed by atoms with Crippen molar-refractivity contribution < 1.29 is 14.7 Å². The van der Waals surface area contributed by atoms with Crippen molar-refractivity contribution in [3.8, 4) is 0 Å². The van der Waals surface area contributed by atoms with Crippen LogP contribution in [0.3, 0.4) is 0 Å². The molecule has 0 unspecified atom stereocenters. The summed E-state index contributed by atoms with van der Waals surface area (Å²) in [4.78, 5) is 24.5. The van der Waals surface area contributed by atoms with Crippen LogP contribution in [-0.4, -0.2) is 33.5 Å². The maximum atomic E-state index is 12.3. The van der Waals surface area contributed by atoms with E-state index in [1.807, 2.05) is 19.9 Å². The van der Waals surface area contributed by atoms with E-state index in [4.69, 9.17) is 0 Å². The molecule has 1 saturated heterocycles. The summed E-state index contributed by atoms with van der Waals surface area (Å²) >= 11 is 1.09. The Balaban J connectivity index is 2.25. The van der Waals surface area contributed by atoms with Gasteiger partial charge in [0.1, 0.15) is 5.54 Å². The Bertz CT molecular complexity index is 503. The van der Waals surface area contributed by atoms with E-state index < -0.39 is 11.6 Å². The van der Waals surface area contributed by atoms with E-state index in [0.717, 1.165) is 11.8 Å². The topological polar surface area (TPSA) is 66.4 Å². The first-order valence-electron chi connectivity index (χ1n) is 6.68. The average Bonchev–Trinajstić information content (AvgIpc) is 2.67. The molecule has 0 aromatic heterocycles. The van der Waals surface area contributed by atoms with Crippen LogP contribution in [0.25, 0.3) is 0 Å². The van der Waals surface area contributed by atoms with Gasteiger partial charge >= 0.3 is 0 Å². The van der Waals surface area contributed by atoms with Gasteiger partial charge < -0.3 is 10.4 Å². The molecule has 1 aromatic rings. The molecule has 1 fully saturated rings. The predicted molar refractivity (Wildman–Crippen MR) is 79.6 cm³/mol. The van der Waals surface area contributed by atoms with Gasteiger partial charge in [0, 0.05) is 11.3 Å². The van der Waals surface area contributed by atoms with Crippen molar-refractivity contribution in [1.82, 2.24) is 5.32 Å². The van der Waals surface area contributed by atoms with Crippen molar-refractivity contribution in [2.24, 2.45) is 5.92 Å². The second-order valence-electron chi connectivity index (χ2n) is 5.50. The predicted octanol–water partition coefficient (Wildman–Crippen LogP) is 1.84. The second-order valence-corrected chi connectivity index (χ2v) is 6.50. The highest BCUT2D eigenvalue weighted by Gasteiger charge is 2.51. The fourth-order valence-electron chi connectivity index (χ4n) is 2.47. The smallest absolute Gasteiger partial charge is 0.252 e. The molecule has 4 nitrogen and oxygen atoms in total. The normalized spacial score (nSPS) is 26.0. The highest BCUT2D eigenvalue weighted by molar-refractivity contribution is 8.14. The molecule has 0 spiro atoms. The van der Waals surface area contributed by atoms with Gasteiger partial charge in [-0.25, -0.2) is 0 Å². The van der Waals surface area contributed by atoms with Gasteiger partial charge in [0.15, 0.2) is 0 Å². The Labute approximate surface area is 123 Å². The summed E-state index contributed by atoms with van der Waals surface area (Å²) in [7, 11) is 0. The van der Waals surface area contributed by atoms with Crippen LogP contribution in [-0.2, 0) is 4.79 Å². The van der Waals surface area contributed by atoms with Crippen LogP contribution < -0.4 is 5.32 Å². The minimum atomic E-state index is -1.16. The van der Waals surface area contributed by atoms with Crippen molar-refractivity contribution in [2.45, 2.75) is 31.9 Å². The van der Waals surface area contributed by atoms with Gasteiger partial charge in [0.2, 0.25) is 5.12 Å². The Morgan fingerprint density at radius 2 is 2.10 bits per heavy atom. The van der Waals surface area contributed by atoms with Crippen molar-refractivity contribution >= 4 is 22.8 Å². The highest BCUT2D eigenvalue weighted by atomic mass is 32.2. The molecule has 20 heavy (non-hydrogen) atoms. The molecule has 108 valence electrons. The molecule has 5 heteroatoms. The number of aliphatic hydroxyl groups excluding tert-OH is 1. The first-order valence-corrected chi connectivity index (χ1v) is 7.67. The van der Waals surface area contributed by atoms with Crippen LogP contribution >= 0.6 is 11.8 Å². The maximum Gasteiger partial charge on any atom is 0.252 e. The maximum absolute atomic E-state index is 12.3. The molecule has 2 rings (SSSR count). The van der Waals surface area contributed by atoms with E-state index in [2.05, 4.69) is 5.32 Å². The third-order valence-electron chi connectivity index (χ3n) is 3.41. The lowest BCUT2D eigenvalue weighted by Crippen LogP contribution is -2.59. The van der Waals surface area contributed by atoms with Crippen molar-refractivity contribution in [1.29, 1.82) is 0 Å². The first kappa shape index (κ1) is 15.1. The monoisotopic (exact) mass is 293 g/mol. The first-order chi connectivity index (χ1) is 9.45. The molecule has 1 heterocycles. The van der Waals surface area contributed by atoms with E-state index >= 15 is 0 Å². The fraction of sp³-hybridized carbons (Fsp3) is 0.467. The molecule has 0 bridgehead atoms. The van der Waals surface area contributed by atoms with Crippen LogP contribution in [0.15, 0.2) is 30.3 Å². The molecule has 0 radical (unpaired) electrons. The Morgan fingerprint density at radius 1 is 1.45 bits per heavy atom. The number of amides is 1. The van der Waals surface area contributed by atoms with Crippen molar-refractivity contribution in [2.75, 3.05) is 5.75 Å². The van der Waals surface area contributed by atoms with Gasteiger partial charge in [0.05, 0.1) is 6.10 Å². The third kappa shape index (κ3) is 2.88. The zero-order chi connectivity index (χ0) is 14.8. The number of hydrogen-bond donors (Lipinski definition) is 2. The molecule has 1 aliphatic rings. The molecule has 2 atom stereocenters. The fourth-order valence-corrected chi connectivity index (χ4v) is 3.60. The quantitative estimate of drug-likeness (QED) is 0.889. The molecule has 1 aliphatic heterocycles. The van der Waals surface area contributed by atoms with Crippen molar-refractivity contribution in [3.05, 3.63) is 35.9 Å². The van der Waals surface area contributed by atoms with Gasteiger partial charge in [-0.05, 0) is 24.5 Å². The highest BCUT2D eigenvalue weighted by Crippen LogP contribution is 2.35. The summed E-state index contributed by atoms with van der Waals surface area (Å²) in [5.74, 6) is 0.213. The summed E-state index contributed by atoms with van der Waals surface area (Å²) in [6.45, 7) is 3.94. The van der Waals surface area contributed by atoms with Gasteiger partial charge in [-0.1, -0.05) is 43.8 Å². The van der Waals surface area contributed by atoms with E-state index in [0.29, 0.717) is 17.7 Å². The zero-order valence-electron chi connectivity index (χ0n) is 11.6. The molecular weight excluding hydrogens is 274 g/mol. The van der Waals surface area contributed by atoms with Gasteiger partial charge in [-0.3, -0.25) is 9.59 Å². The van der Waals surface area contributed by atoms with Crippen molar-refractivity contribution in [3.63, 3.8) is 0 Å². The molecule has 1 aromatic carbocycles. The van der Waals surface area contributed by atoms with Gasteiger partial charge in [-0.2, -0.15) is 0 Å². The summed E-state index contributed by atoms with van der Waals surface area (Å²) < 4.78 is 0. The molecule has 0 saturated carbocycles. The minimum Gasteiger partial charge on any atom is -0.389 e. The largest absolute Gasteiger partial charge is 0.389 e. The van der Waals surface area contributed by atoms with E-state index in [-0.39, 0.29) is 16.9 Å². The molecular formula is C15H19NO3S. The van der Waals surface area contributed by atoms with E-state index in [9.17, 15) is 14.7 Å². The molecule has 1 amide bonds. The number of thioether (sulfide) groups is 1. The van der Waals surface area contributed by atoms with Crippen LogP contribution in [0.4, 0.5) is 0 Å². The number of carbonyl (C=O) groups excluding carboxylic acids is 2. The SMILES string of the molecule is CC(C)C[C@]1(NC(=O)c2ccccc2)C(=O)SC[C@H]1O. The van der Waals surface area contributed by atoms with Gasteiger partial charge in [0.25, 0.3) is 5.91 Å². The third-order valence-corrected chi connectivity index (χ3v) is 4.52. The second kappa shape index (κ2) is 5.97. The number of nitrogens with one attached hydrogen (secondary N) is 1. The van der Waals surface area contributed by atoms with Crippen LogP contribution in [0.2, 0.25) is 0 Å². The summed E-state index contributed by atoms with van der Waals surface area (Å²) in [5, 5.41) is 12.8. The molecule has 2 N–H and O–H groups in total. The summed E-state index contributed by atoms with van der Waals surface area (Å²) in [5.41, 5.74) is -0.668. The zero-order valence-corrected chi connectivity index (χ0v) is 12.4. The van der Waals surface area contributed by atoms with Crippen LogP contribution in [0.5, 0.6) is 0 Å². The summed E-state index contributed by atoms with van der Waals surface area (Å²) in [6.07, 6.45) is -0.395. The van der Waals surface area contributed by atoms with E-state index in [1.165, 1.54) is 0 Å². The average molecular weight is 293 g/mol. The number of rotatable bonds is 4. The Kier molecular flexibility index (Phi) is 4.50. The number of benzene rings is 1. The van der Waals surface area contributed by atoms with E-state index in [1.54, 1.807) is 24.3 Å².